The Kier molecular flexibility index (Phi) is 4.41. The summed E-state index contributed by atoms with van der Waals surface area (Å²) in [4.78, 5) is 17.8. The van der Waals surface area contributed by atoms with Gasteiger partial charge in [0.15, 0.2) is 0 Å². The first-order valence-corrected chi connectivity index (χ1v) is 9.93. The van der Waals surface area contributed by atoms with Crippen LogP contribution in [0.2, 0.25) is 0 Å². The standard InChI is InChI=1S/C23H25N3O2/c1-24-14-19(18-9-5-6-10-20(18)24)23(27)26-15-21-22(16-26)28-12-11-25(21)13-17-7-3-2-4-8-17/h2-10,14,21-22H,11-13,15-16H2,1H3/t21-,22+/m1/s1. The molecule has 2 aliphatic heterocycles. The Balaban J connectivity index is 1.37. The predicted molar refractivity (Wildman–Crippen MR) is 109 cm³/mol. The van der Waals surface area contributed by atoms with Crippen LogP contribution in [-0.2, 0) is 18.3 Å². The van der Waals surface area contributed by atoms with E-state index in [4.69, 9.17) is 4.74 Å². The lowest BCUT2D eigenvalue weighted by atomic mass is 10.1. The highest BCUT2D eigenvalue weighted by molar-refractivity contribution is 6.07. The van der Waals surface area contributed by atoms with Gasteiger partial charge < -0.3 is 14.2 Å². The van der Waals surface area contributed by atoms with E-state index in [1.807, 2.05) is 47.0 Å². The summed E-state index contributed by atoms with van der Waals surface area (Å²) in [6.07, 6.45) is 2.05. The Bertz CT molecular complexity index is 998. The van der Waals surface area contributed by atoms with Gasteiger partial charge in [-0.2, -0.15) is 0 Å². The molecule has 3 aromatic rings. The number of benzene rings is 2. The number of aryl methyl sites for hydroxylation is 1. The third kappa shape index (κ3) is 3.01. The van der Waals surface area contributed by atoms with Crippen LogP contribution < -0.4 is 0 Å². The van der Waals surface area contributed by atoms with Crippen molar-refractivity contribution >= 4 is 16.8 Å². The molecule has 0 radical (unpaired) electrons. The summed E-state index contributed by atoms with van der Waals surface area (Å²) >= 11 is 0. The number of carbonyl (C=O) groups excluding carboxylic acids is 1. The normalized spacial score (nSPS) is 22.5. The number of fused-ring (bicyclic) bond motifs is 2. The van der Waals surface area contributed by atoms with Crippen molar-refractivity contribution in [2.45, 2.75) is 18.7 Å². The largest absolute Gasteiger partial charge is 0.373 e. The summed E-state index contributed by atoms with van der Waals surface area (Å²) in [5.41, 5.74) is 3.18. The molecule has 2 aromatic carbocycles. The quantitative estimate of drug-likeness (QED) is 0.706. The zero-order valence-electron chi connectivity index (χ0n) is 16.1. The Morgan fingerprint density at radius 2 is 1.86 bits per heavy atom. The number of aromatic nitrogens is 1. The van der Waals surface area contributed by atoms with Gasteiger partial charge >= 0.3 is 0 Å². The van der Waals surface area contributed by atoms with E-state index < -0.39 is 0 Å². The second kappa shape index (κ2) is 7.08. The number of carbonyl (C=O) groups is 1. The number of hydrogen-bond donors (Lipinski definition) is 0. The van der Waals surface area contributed by atoms with Gasteiger partial charge in [-0.05, 0) is 11.6 Å². The molecule has 2 aliphatic rings. The lowest BCUT2D eigenvalue weighted by molar-refractivity contribution is -0.0503. The second-order valence-electron chi connectivity index (χ2n) is 7.81. The highest BCUT2D eigenvalue weighted by atomic mass is 16.5. The number of morpholine rings is 1. The lowest BCUT2D eigenvalue weighted by Crippen LogP contribution is -2.50. The van der Waals surface area contributed by atoms with E-state index in [1.165, 1.54) is 5.56 Å². The maximum atomic E-state index is 13.3. The highest BCUT2D eigenvalue weighted by Gasteiger charge is 2.42. The molecule has 0 unspecified atom stereocenters. The van der Waals surface area contributed by atoms with E-state index in [0.29, 0.717) is 6.54 Å². The molecule has 3 heterocycles. The van der Waals surface area contributed by atoms with Gasteiger partial charge in [0.1, 0.15) is 0 Å². The van der Waals surface area contributed by atoms with Crippen LogP contribution in [0.1, 0.15) is 15.9 Å². The molecule has 1 amide bonds. The molecule has 144 valence electrons. The number of nitrogens with zero attached hydrogens (tertiary/aromatic N) is 3. The Labute approximate surface area is 165 Å². The molecule has 28 heavy (non-hydrogen) atoms. The van der Waals surface area contributed by atoms with E-state index in [0.717, 1.165) is 42.7 Å². The van der Waals surface area contributed by atoms with Gasteiger partial charge in [-0.25, -0.2) is 0 Å². The van der Waals surface area contributed by atoms with E-state index in [9.17, 15) is 4.79 Å². The minimum atomic E-state index is 0.0939. The minimum Gasteiger partial charge on any atom is -0.373 e. The molecule has 0 bridgehead atoms. The van der Waals surface area contributed by atoms with Gasteiger partial charge in [0.2, 0.25) is 0 Å². The first kappa shape index (κ1) is 17.5. The van der Waals surface area contributed by atoms with Crippen LogP contribution in [0.3, 0.4) is 0 Å². The van der Waals surface area contributed by atoms with Crippen molar-refractivity contribution in [3.05, 3.63) is 71.9 Å². The second-order valence-corrected chi connectivity index (χ2v) is 7.81. The molecular formula is C23H25N3O2. The van der Waals surface area contributed by atoms with Crippen LogP contribution in [-0.4, -0.2) is 58.7 Å². The summed E-state index contributed by atoms with van der Waals surface area (Å²) < 4.78 is 8.07. The molecule has 0 N–H and O–H groups in total. The topological polar surface area (TPSA) is 37.7 Å². The van der Waals surface area contributed by atoms with E-state index in [2.05, 4.69) is 35.2 Å². The SMILES string of the molecule is Cn1cc(C(=O)N2C[C@@H]3OCCN(Cc4ccccc4)[C@@H]3C2)c2ccccc21. The van der Waals surface area contributed by atoms with Gasteiger partial charge in [-0.1, -0.05) is 48.5 Å². The molecule has 0 spiro atoms. The van der Waals surface area contributed by atoms with Crippen molar-refractivity contribution in [1.29, 1.82) is 0 Å². The fourth-order valence-corrected chi connectivity index (χ4v) is 4.62. The number of ether oxygens (including phenoxy) is 1. The third-order valence-electron chi connectivity index (χ3n) is 6.06. The first-order valence-electron chi connectivity index (χ1n) is 9.93. The first-order chi connectivity index (χ1) is 13.7. The van der Waals surface area contributed by atoms with E-state index in [1.54, 1.807) is 0 Å². The van der Waals surface area contributed by atoms with Gasteiger partial charge in [0.25, 0.3) is 5.91 Å². The number of rotatable bonds is 3. The molecule has 2 fully saturated rings. The monoisotopic (exact) mass is 375 g/mol. The number of likely N-dealkylation sites (tertiary alicyclic amines) is 1. The Morgan fingerprint density at radius 1 is 1.07 bits per heavy atom. The van der Waals surface area contributed by atoms with Crippen LogP contribution in [0.5, 0.6) is 0 Å². The minimum absolute atomic E-state index is 0.0939. The molecule has 5 nitrogen and oxygen atoms in total. The molecule has 5 rings (SSSR count). The predicted octanol–water partition coefficient (Wildman–Crippen LogP) is 2.90. The van der Waals surface area contributed by atoms with Crippen molar-refractivity contribution in [2.24, 2.45) is 7.05 Å². The number of hydrogen-bond acceptors (Lipinski definition) is 3. The highest BCUT2D eigenvalue weighted by Crippen LogP contribution is 2.28. The van der Waals surface area contributed by atoms with Crippen LogP contribution in [0, 0.1) is 0 Å². The maximum Gasteiger partial charge on any atom is 0.256 e. The molecular weight excluding hydrogens is 350 g/mol. The molecule has 1 aromatic heterocycles. The summed E-state index contributed by atoms with van der Waals surface area (Å²) in [6.45, 7) is 3.93. The third-order valence-corrected chi connectivity index (χ3v) is 6.06. The molecule has 5 heteroatoms. The van der Waals surface area contributed by atoms with Crippen molar-refractivity contribution in [1.82, 2.24) is 14.4 Å². The molecule has 0 saturated carbocycles. The summed E-state index contributed by atoms with van der Waals surface area (Å²) in [5, 5.41) is 1.02. The van der Waals surface area contributed by atoms with Gasteiger partial charge in [-0.15, -0.1) is 0 Å². The van der Waals surface area contributed by atoms with Gasteiger partial charge in [0.05, 0.1) is 24.3 Å². The van der Waals surface area contributed by atoms with Gasteiger partial charge in [-0.3, -0.25) is 9.69 Å². The Morgan fingerprint density at radius 3 is 2.71 bits per heavy atom. The molecule has 2 atom stereocenters. The molecule has 2 saturated heterocycles. The van der Waals surface area contributed by atoms with Crippen molar-refractivity contribution in [3.63, 3.8) is 0 Å². The smallest absolute Gasteiger partial charge is 0.256 e. The van der Waals surface area contributed by atoms with Crippen LogP contribution in [0.15, 0.2) is 60.8 Å². The van der Waals surface area contributed by atoms with Crippen LogP contribution in [0.4, 0.5) is 0 Å². The molecule has 0 aliphatic carbocycles. The van der Waals surface area contributed by atoms with Crippen LogP contribution >= 0.6 is 0 Å². The zero-order chi connectivity index (χ0) is 19.1. The average molecular weight is 375 g/mol. The number of amides is 1. The maximum absolute atomic E-state index is 13.3. The fourth-order valence-electron chi connectivity index (χ4n) is 4.62. The van der Waals surface area contributed by atoms with Crippen LogP contribution in [0.25, 0.3) is 10.9 Å². The van der Waals surface area contributed by atoms with Crippen molar-refractivity contribution < 1.29 is 9.53 Å². The van der Waals surface area contributed by atoms with E-state index >= 15 is 0 Å². The zero-order valence-corrected chi connectivity index (χ0v) is 16.1. The van der Waals surface area contributed by atoms with Crippen molar-refractivity contribution in [3.8, 4) is 0 Å². The summed E-state index contributed by atoms with van der Waals surface area (Å²) in [6, 6.07) is 18.9. The average Bonchev–Trinajstić information content (AvgIpc) is 3.31. The summed E-state index contributed by atoms with van der Waals surface area (Å²) in [5.74, 6) is 0.106. The summed E-state index contributed by atoms with van der Waals surface area (Å²) in [7, 11) is 1.99. The number of para-hydroxylation sites is 1. The van der Waals surface area contributed by atoms with Crippen molar-refractivity contribution in [2.75, 3.05) is 26.2 Å². The van der Waals surface area contributed by atoms with Gasteiger partial charge in [0, 0.05) is 50.3 Å². The lowest BCUT2D eigenvalue weighted by Gasteiger charge is -2.36. The fraction of sp³-hybridized carbons (Fsp3) is 0.348. The Hall–Kier alpha value is -2.63. The van der Waals surface area contributed by atoms with E-state index in [-0.39, 0.29) is 18.1 Å².